The highest BCUT2D eigenvalue weighted by Crippen LogP contribution is 2.52. The molecule has 1 heterocycles. The Labute approximate surface area is 215 Å². The fraction of sp³-hybridized carbons (Fsp3) is 0.0345. The number of anilines is 1. The predicted molar refractivity (Wildman–Crippen MR) is 141 cm³/mol. The minimum atomic E-state index is -0.628. The molecule has 0 fully saturated rings. The minimum absolute atomic E-state index is 0.0308. The van der Waals surface area contributed by atoms with Gasteiger partial charge in [0.15, 0.2) is 5.78 Å². The van der Waals surface area contributed by atoms with Crippen molar-refractivity contribution >= 4 is 40.6 Å². The van der Waals surface area contributed by atoms with Crippen molar-refractivity contribution in [3.05, 3.63) is 135 Å². The average Bonchev–Trinajstić information content (AvgIpc) is 3.07. The Morgan fingerprint density at radius 3 is 2.41 bits per heavy atom. The van der Waals surface area contributed by atoms with Crippen molar-refractivity contribution in [2.75, 3.05) is 5.32 Å². The van der Waals surface area contributed by atoms with E-state index in [9.17, 15) is 19.7 Å². The number of ketones is 1. The van der Waals surface area contributed by atoms with Crippen LogP contribution in [0.15, 0.2) is 108 Å². The number of nitro benzene ring substituents is 1. The summed E-state index contributed by atoms with van der Waals surface area (Å²) >= 11 is 1.56. The molecule has 1 unspecified atom stereocenters. The van der Waals surface area contributed by atoms with Gasteiger partial charge in [-0.05, 0) is 42.0 Å². The third-order valence-electron chi connectivity index (χ3n) is 6.29. The number of benzene rings is 4. The van der Waals surface area contributed by atoms with Crippen molar-refractivity contribution in [3.8, 4) is 5.75 Å². The quantitative estimate of drug-likeness (QED) is 0.143. The van der Waals surface area contributed by atoms with Crippen LogP contribution in [0.3, 0.4) is 0 Å². The Morgan fingerprint density at radius 1 is 0.892 bits per heavy atom. The highest BCUT2D eigenvalue weighted by atomic mass is 32.2. The number of nitrogens with one attached hydrogen (secondary N) is 1. The summed E-state index contributed by atoms with van der Waals surface area (Å²) in [5.74, 6) is -0.342. The lowest BCUT2D eigenvalue weighted by Gasteiger charge is -2.18. The van der Waals surface area contributed by atoms with Crippen molar-refractivity contribution in [1.82, 2.24) is 0 Å². The van der Waals surface area contributed by atoms with E-state index in [1.807, 2.05) is 54.6 Å². The standard InChI is InChI=1S/C29H18N2O5S/c32-27-22-9-2-1-8-21(22)26-25(27)28(37-24-11-4-3-10-23(24)30-26)18-6-5-7-20(16-18)36-29(33)17-12-14-19(15-13-17)31(34)35/h1-16,28,30H. The van der Waals surface area contributed by atoms with Crippen molar-refractivity contribution in [2.45, 2.75) is 10.1 Å². The Balaban J connectivity index is 1.37. The molecule has 0 spiro atoms. The van der Waals surface area contributed by atoms with Crippen molar-refractivity contribution in [1.29, 1.82) is 0 Å². The van der Waals surface area contributed by atoms with Gasteiger partial charge >= 0.3 is 5.97 Å². The Morgan fingerprint density at radius 2 is 1.62 bits per heavy atom. The summed E-state index contributed by atoms with van der Waals surface area (Å²) in [4.78, 5) is 37.7. The van der Waals surface area contributed by atoms with Crippen molar-refractivity contribution in [3.63, 3.8) is 0 Å². The lowest BCUT2D eigenvalue weighted by Crippen LogP contribution is -2.10. The van der Waals surface area contributed by atoms with Gasteiger partial charge in [-0.2, -0.15) is 0 Å². The largest absolute Gasteiger partial charge is 0.423 e. The van der Waals surface area contributed by atoms with Gasteiger partial charge in [-0.1, -0.05) is 48.5 Å². The Bertz CT molecular complexity index is 1630. The van der Waals surface area contributed by atoms with Gasteiger partial charge in [0.25, 0.3) is 5.69 Å². The van der Waals surface area contributed by atoms with Crippen LogP contribution in [0, 0.1) is 10.1 Å². The number of non-ortho nitro benzene ring substituents is 1. The van der Waals surface area contributed by atoms with E-state index in [4.69, 9.17) is 4.74 Å². The van der Waals surface area contributed by atoms with E-state index in [2.05, 4.69) is 5.32 Å². The molecule has 8 heteroatoms. The first-order valence-electron chi connectivity index (χ1n) is 11.5. The zero-order valence-electron chi connectivity index (χ0n) is 19.2. The number of ether oxygens (including phenoxy) is 1. The molecule has 4 aromatic carbocycles. The van der Waals surface area contributed by atoms with Gasteiger partial charge < -0.3 is 10.1 Å². The van der Waals surface area contributed by atoms with Crippen LogP contribution in [0.2, 0.25) is 0 Å². The zero-order chi connectivity index (χ0) is 25.5. The Hall–Kier alpha value is -4.69. The predicted octanol–water partition coefficient (Wildman–Crippen LogP) is 6.68. The van der Waals surface area contributed by atoms with Crippen LogP contribution in [0.4, 0.5) is 11.4 Å². The molecular formula is C29H18N2O5S. The first-order valence-corrected chi connectivity index (χ1v) is 12.3. The van der Waals surface area contributed by atoms with Crippen LogP contribution in [0.1, 0.15) is 37.1 Å². The molecule has 0 amide bonds. The maximum Gasteiger partial charge on any atom is 0.343 e. The van der Waals surface area contributed by atoms with Gasteiger partial charge in [0, 0.05) is 33.7 Å². The second-order valence-electron chi connectivity index (χ2n) is 8.55. The van der Waals surface area contributed by atoms with Gasteiger partial charge in [-0.25, -0.2) is 4.79 Å². The monoisotopic (exact) mass is 506 g/mol. The molecule has 0 saturated heterocycles. The highest BCUT2D eigenvalue weighted by Gasteiger charge is 2.38. The van der Waals surface area contributed by atoms with Crippen LogP contribution in [0.25, 0.3) is 5.70 Å². The molecule has 180 valence electrons. The lowest BCUT2D eigenvalue weighted by atomic mass is 10.0. The third-order valence-corrected chi connectivity index (χ3v) is 7.65. The van der Waals surface area contributed by atoms with Crippen LogP contribution >= 0.6 is 11.8 Å². The topological polar surface area (TPSA) is 98.5 Å². The van der Waals surface area contributed by atoms with Crippen LogP contribution in [-0.4, -0.2) is 16.7 Å². The molecule has 0 radical (unpaired) electrons. The number of carbonyl (C=O) groups excluding carboxylic acids is 2. The van der Waals surface area contributed by atoms with E-state index in [-0.39, 0.29) is 22.3 Å². The van der Waals surface area contributed by atoms with Gasteiger partial charge in [-0.15, -0.1) is 11.8 Å². The molecule has 2 aliphatic rings. The molecule has 0 aromatic heterocycles. The number of carbonyl (C=O) groups is 2. The van der Waals surface area contributed by atoms with Crippen molar-refractivity contribution < 1.29 is 19.2 Å². The summed E-state index contributed by atoms with van der Waals surface area (Å²) in [6.07, 6.45) is 0. The summed E-state index contributed by atoms with van der Waals surface area (Å²) in [7, 11) is 0. The molecule has 6 rings (SSSR count). The third kappa shape index (κ3) is 4.07. The maximum absolute atomic E-state index is 13.6. The van der Waals surface area contributed by atoms with E-state index in [0.717, 1.165) is 27.4 Å². The molecule has 0 bridgehead atoms. The number of nitro groups is 1. The number of fused-ring (bicyclic) bond motifs is 3. The summed E-state index contributed by atoms with van der Waals surface area (Å²) in [5.41, 5.74) is 4.79. The van der Waals surface area contributed by atoms with Crippen LogP contribution < -0.4 is 10.1 Å². The molecule has 1 N–H and O–H groups in total. The molecule has 1 aliphatic heterocycles. The first-order chi connectivity index (χ1) is 18.0. The number of nitrogens with zero attached hydrogens (tertiary/aromatic N) is 1. The zero-order valence-corrected chi connectivity index (χ0v) is 20.0. The van der Waals surface area contributed by atoms with Crippen LogP contribution in [0.5, 0.6) is 5.75 Å². The number of hydrogen-bond acceptors (Lipinski definition) is 7. The van der Waals surface area contributed by atoms with Gasteiger partial charge in [0.05, 0.1) is 27.1 Å². The highest BCUT2D eigenvalue weighted by molar-refractivity contribution is 8.00. The van der Waals surface area contributed by atoms with E-state index in [1.165, 1.54) is 24.3 Å². The summed E-state index contributed by atoms with van der Waals surface area (Å²) in [6.45, 7) is 0. The average molecular weight is 507 g/mol. The SMILES string of the molecule is O=C(Oc1cccc(C2Sc3ccccc3NC3=C2C(=O)c2ccccc23)c1)c1ccc([N+](=O)[O-])cc1. The van der Waals surface area contributed by atoms with Gasteiger partial charge in [0.1, 0.15) is 5.75 Å². The molecular weight excluding hydrogens is 488 g/mol. The molecule has 1 aliphatic carbocycles. The van der Waals surface area contributed by atoms with Crippen molar-refractivity contribution in [2.24, 2.45) is 0 Å². The van der Waals surface area contributed by atoms with E-state index >= 15 is 0 Å². The lowest BCUT2D eigenvalue weighted by molar-refractivity contribution is -0.384. The summed E-state index contributed by atoms with van der Waals surface area (Å²) in [5, 5.41) is 14.0. The smallest absolute Gasteiger partial charge is 0.343 e. The normalized spacial score (nSPS) is 15.7. The number of hydrogen-bond donors (Lipinski definition) is 1. The maximum atomic E-state index is 13.6. The van der Waals surface area contributed by atoms with E-state index in [1.54, 1.807) is 30.0 Å². The number of Topliss-reactive ketones (excluding diaryl/α,β-unsaturated/α-hetero) is 1. The summed E-state index contributed by atoms with van der Waals surface area (Å²) < 4.78 is 5.60. The molecule has 7 nitrogen and oxygen atoms in total. The number of rotatable bonds is 4. The van der Waals surface area contributed by atoms with Crippen LogP contribution in [-0.2, 0) is 0 Å². The van der Waals surface area contributed by atoms with Gasteiger partial charge in [0.2, 0.25) is 0 Å². The second-order valence-corrected chi connectivity index (χ2v) is 9.70. The number of esters is 1. The molecule has 1 atom stereocenters. The molecule has 4 aromatic rings. The molecule has 37 heavy (non-hydrogen) atoms. The van der Waals surface area contributed by atoms with E-state index in [0.29, 0.717) is 16.9 Å². The summed E-state index contributed by atoms with van der Waals surface area (Å²) in [6, 6.07) is 27.8. The van der Waals surface area contributed by atoms with Gasteiger partial charge in [-0.3, -0.25) is 14.9 Å². The fourth-order valence-corrected chi connectivity index (χ4v) is 5.82. The number of para-hydroxylation sites is 1. The van der Waals surface area contributed by atoms with E-state index < -0.39 is 10.9 Å². The Kier molecular flexibility index (Phi) is 5.58. The first kappa shape index (κ1) is 22.8. The molecule has 0 saturated carbocycles. The number of thioether (sulfide) groups is 1. The second kappa shape index (κ2) is 9.07. The minimum Gasteiger partial charge on any atom is -0.423 e. The fourth-order valence-electron chi connectivity index (χ4n) is 4.54.